The second-order valence-corrected chi connectivity index (χ2v) is 6.54. The molecule has 3 rings (SSSR count). The third kappa shape index (κ3) is 2.79. The molecule has 2 heterocycles. The molecule has 1 unspecified atom stereocenters. The van der Waals surface area contributed by atoms with Crippen molar-refractivity contribution in [1.29, 1.82) is 0 Å². The molecule has 5 nitrogen and oxygen atoms in total. The number of anilines is 1. The summed E-state index contributed by atoms with van der Waals surface area (Å²) in [7, 11) is 0. The SMILES string of the molecule is CC(Nc1ccc2nnc(C(C)(C)C)n2n1)c1ccccc1. The first-order valence-electron chi connectivity index (χ1n) is 7.49. The van der Waals surface area contributed by atoms with Crippen molar-refractivity contribution >= 4 is 11.5 Å². The zero-order valence-electron chi connectivity index (χ0n) is 13.4. The molecule has 0 aliphatic heterocycles. The van der Waals surface area contributed by atoms with E-state index in [4.69, 9.17) is 0 Å². The lowest BCUT2D eigenvalue weighted by Gasteiger charge is -2.17. The van der Waals surface area contributed by atoms with Crippen LogP contribution in [-0.4, -0.2) is 19.8 Å². The van der Waals surface area contributed by atoms with Gasteiger partial charge in [-0.25, -0.2) is 0 Å². The van der Waals surface area contributed by atoms with Crippen LogP contribution >= 0.6 is 0 Å². The molecule has 1 atom stereocenters. The van der Waals surface area contributed by atoms with Crippen LogP contribution in [0, 0.1) is 0 Å². The Morgan fingerprint density at radius 1 is 1.00 bits per heavy atom. The third-order valence-electron chi connectivity index (χ3n) is 3.60. The van der Waals surface area contributed by atoms with Crippen molar-refractivity contribution < 1.29 is 0 Å². The molecular weight excluding hydrogens is 274 g/mol. The molecule has 0 aliphatic carbocycles. The van der Waals surface area contributed by atoms with Crippen LogP contribution in [0.2, 0.25) is 0 Å². The summed E-state index contributed by atoms with van der Waals surface area (Å²) in [4.78, 5) is 0. The molecule has 114 valence electrons. The van der Waals surface area contributed by atoms with Gasteiger partial charge >= 0.3 is 0 Å². The summed E-state index contributed by atoms with van der Waals surface area (Å²) >= 11 is 0. The maximum Gasteiger partial charge on any atom is 0.178 e. The molecule has 0 aliphatic rings. The van der Waals surface area contributed by atoms with E-state index in [1.165, 1.54) is 5.56 Å². The number of hydrogen-bond donors (Lipinski definition) is 1. The van der Waals surface area contributed by atoms with E-state index in [2.05, 4.69) is 60.4 Å². The topological polar surface area (TPSA) is 55.1 Å². The van der Waals surface area contributed by atoms with E-state index in [0.29, 0.717) is 0 Å². The van der Waals surface area contributed by atoms with Gasteiger partial charge in [0.15, 0.2) is 11.5 Å². The third-order valence-corrected chi connectivity index (χ3v) is 3.60. The molecule has 0 spiro atoms. The molecule has 1 aromatic carbocycles. The Kier molecular flexibility index (Phi) is 3.56. The molecule has 5 heteroatoms. The van der Waals surface area contributed by atoms with Gasteiger partial charge in [0.25, 0.3) is 0 Å². The number of aromatic nitrogens is 4. The first-order valence-corrected chi connectivity index (χ1v) is 7.49. The highest BCUT2D eigenvalue weighted by molar-refractivity contribution is 5.45. The van der Waals surface area contributed by atoms with Gasteiger partial charge in [0.2, 0.25) is 0 Å². The second-order valence-electron chi connectivity index (χ2n) is 6.54. The summed E-state index contributed by atoms with van der Waals surface area (Å²) in [5, 5.41) is 16.5. The highest BCUT2D eigenvalue weighted by atomic mass is 15.4. The molecule has 2 aromatic heterocycles. The van der Waals surface area contributed by atoms with Crippen LogP contribution in [-0.2, 0) is 5.41 Å². The zero-order valence-corrected chi connectivity index (χ0v) is 13.4. The summed E-state index contributed by atoms with van der Waals surface area (Å²) in [5.41, 5.74) is 1.89. The van der Waals surface area contributed by atoms with E-state index in [-0.39, 0.29) is 11.5 Å². The van der Waals surface area contributed by atoms with Crippen molar-refractivity contribution in [3.05, 3.63) is 53.9 Å². The van der Waals surface area contributed by atoms with Crippen LogP contribution in [0.5, 0.6) is 0 Å². The predicted molar refractivity (Wildman–Crippen MR) is 88.0 cm³/mol. The standard InChI is InChI=1S/C17H21N5/c1-12(13-8-6-5-7-9-13)18-14-10-11-15-19-20-16(17(2,3)4)22(15)21-14/h5-12H,1-4H3,(H,18,21). The Bertz CT molecular complexity index is 771. The first kappa shape index (κ1) is 14.5. The first-order chi connectivity index (χ1) is 10.4. The Morgan fingerprint density at radius 3 is 2.41 bits per heavy atom. The fraction of sp³-hybridized carbons (Fsp3) is 0.353. The van der Waals surface area contributed by atoms with Crippen LogP contribution in [0.3, 0.4) is 0 Å². The average Bonchev–Trinajstić information content (AvgIpc) is 2.91. The summed E-state index contributed by atoms with van der Waals surface area (Å²) < 4.78 is 1.82. The number of fused-ring (bicyclic) bond motifs is 1. The number of nitrogens with zero attached hydrogens (tertiary/aromatic N) is 4. The van der Waals surface area contributed by atoms with Crippen molar-refractivity contribution in [3.8, 4) is 0 Å². The minimum atomic E-state index is -0.101. The van der Waals surface area contributed by atoms with E-state index >= 15 is 0 Å². The summed E-state index contributed by atoms with van der Waals surface area (Å²) in [6.07, 6.45) is 0. The number of rotatable bonds is 3. The molecule has 0 fully saturated rings. The highest BCUT2D eigenvalue weighted by Gasteiger charge is 2.22. The van der Waals surface area contributed by atoms with E-state index in [1.807, 2.05) is 34.8 Å². The monoisotopic (exact) mass is 295 g/mol. The van der Waals surface area contributed by atoms with Gasteiger partial charge in [-0.15, -0.1) is 15.3 Å². The number of nitrogens with one attached hydrogen (secondary N) is 1. The Hall–Kier alpha value is -2.43. The van der Waals surface area contributed by atoms with E-state index in [9.17, 15) is 0 Å². The molecule has 0 saturated carbocycles. The van der Waals surface area contributed by atoms with Gasteiger partial charge in [-0.05, 0) is 24.6 Å². The lowest BCUT2D eigenvalue weighted by Crippen LogP contribution is -2.18. The van der Waals surface area contributed by atoms with Crippen LogP contribution in [0.15, 0.2) is 42.5 Å². The van der Waals surface area contributed by atoms with Gasteiger partial charge in [-0.3, -0.25) is 0 Å². The molecular formula is C17H21N5. The van der Waals surface area contributed by atoms with Crippen LogP contribution in [0.1, 0.15) is 45.1 Å². The zero-order chi connectivity index (χ0) is 15.7. The van der Waals surface area contributed by atoms with Crippen molar-refractivity contribution in [2.75, 3.05) is 5.32 Å². The molecule has 0 bridgehead atoms. The minimum absolute atomic E-state index is 0.101. The van der Waals surface area contributed by atoms with Crippen LogP contribution in [0.4, 0.5) is 5.82 Å². The molecule has 0 radical (unpaired) electrons. The van der Waals surface area contributed by atoms with Crippen molar-refractivity contribution in [3.63, 3.8) is 0 Å². The van der Waals surface area contributed by atoms with Crippen molar-refractivity contribution in [2.24, 2.45) is 0 Å². The van der Waals surface area contributed by atoms with Gasteiger partial charge in [-0.1, -0.05) is 51.1 Å². The largest absolute Gasteiger partial charge is 0.362 e. The maximum atomic E-state index is 4.65. The molecule has 0 amide bonds. The fourth-order valence-corrected chi connectivity index (χ4v) is 2.38. The van der Waals surface area contributed by atoms with E-state index < -0.39 is 0 Å². The second kappa shape index (κ2) is 5.40. The van der Waals surface area contributed by atoms with Crippen LogP contribution < -0.4 is 5.32 Å². The van der Waals surface area contributed by atoms with E-state index in [0.717, 1.165) is 17.3 Å². The quantitative estimate of drug-likeness (QED) is 0.802. The highest BCUT2D eigenvalue weighted by Crippen LogP contribution is 2.22. The van der Waals surface area contributed by atoms with Crippen molar-refractivity contribution in [2.45, 2.75) is 39.2 Å². The number of benzene rings is 1. The molecule has 0 saturated heterocycles. The van der Waals surface area contributed by atoms with E-state index in [1.54, 1.807) is 0 Å². The molecule has 22 heavy (non-hydrogen) atoms. The van der Waals surface area contributed by atoms with Gasteiger partial charge in [-0.2, -0.15) is 4.52 Å². The van der Waals surface area contributed by atoms with Gasteiger partial charge in [0.05, 0.1) is 0 Å². The Morgan fingerprint density at radius 2 is 1.73 bits per heavy atom. The Labute approximate surface area is 130 Å². The summed E-state index contributed by atoms with van der Waals surface area (Å²) in [5.74, 6) is 1.67. The smallest absolute Gasteiger partial charge is 0.178 e. The lowest BCUT2D eigenvalue weighted by molar-refractivity contribution is 0.527. The van der Waals surface area contributed by atoms with Gasteiger partial charge < -0.3 is 5.32 Å². The molecule has 1 N–H and O–H groups in total. The fourth-order valence-electron chi connectivity index (χ4n) is 2.38. The Balaban J connectivity index is 1.92. The lowest BCUT2D eigenvalue weighted by atomic mass is 9.96. The summed E-state index contributed by atoms with van der Waals surface area (Å²) in [6, 6.07) is 14.4. The maximum absolute atomic E-state index is 4.65. The van der Waals surface area contributed by atoms with Crippen molar-refractivity contribution in [1.82, 2.24) is 19.8 Å². The van der Waals surface area contributed by atoms with Crippen LogP contribution in [0.25, 0.3) is 5.65 Å². The van der Waals surface area contributed by atoms with Gasteiger partial charge in [0, 0.05) is 11.5 Å². The summed E-state index contributed by atoms with van der Waals surface area (Å²) in [6.45, 7) is 8.45. The average molecular weight is 295 g/mol. The predicted octanol–water partition coefficient (Wildman–Crippen LogP) is 3.59. The minimum Gasteiger partial charge on any atom is -0.362 e. The molecule has 3 aromatic rings. The number of hydrogen-bond acceptors (Lipinski definition) is 4. The van der Waals surface area contributed by atoms with Gasteiger partial charge in [0.1, 0.15) is 5.82 Å². The normalized spacial score (nSPS) is 13.3.